The van der Waals surface area contributed by atoms with Crippen molar-refractivity contribution in [2.45, 2.75) is 0 Å². The first-order valence-corrected chi connectivity index (χ1v) is 8.11. The SMILES string of the molecule is O=C(O)c1ccc(-n2nc(-c3ccc([N+](=O)[O-])cc3)c3ccccc32)cc1. The van der Waals surface area contributed by atoms with E-state index in [1.807, 2.05) is 24.3 Å². The van der Waals surface area contributed by atoms with Crippen molar-refractivity contribution in [3.05, 3.63) is 88.5 Å². The molecule has 0 atom stereocenters. The molecule has 0 aliphatic rings. The van der Waals surface area contributed by atoms with E-state index in [0.29, 0.717) is 5.69 Å². The summed E-state index contributed by atoms with van der Waals surface area (Å²) < 4.78 is 1.73. The summed E-state index contributed by atoms with van der Waals surface area (Å²) in [5.41, 5.74) is 3.26. The van der Waals surface area contributed by atoms with Crippen LogP contribution in [0.4, 0.5) is 5.69 Å². The molecule has 1 aromatic heterocycles. The molecule has 1 heterocycles. The topological polar surface area (TPSA) is 98.3 Å². The number of aromatic nitrogens is 2. The van der Waals surface area contributed by atoms with Crippen LogP contribution in [0.5, 0.6) is 0 Å². The average Bonchev–Trinajstić information content (AvgIpc) is 3.08. The normalized spacial score (nSPS) is 10.8. The van der Waals surface area contributed by atoms with Gasteiger partial charge >= 0.3 is 5.97 Å². The Morgan fingerprint density at radius 3 is 2.26 bits per heavy atom. The predicted octanol–water partition coefficient (Wildman–Crippen LogP) is 4.30. The number of fused-ring (bicyclic) bond motifs is 1. The molecule has 4 rings (SSSR count). The largest absolute Gasteiger partial charge is 0.478 e. The Kier molecular flexibility index (Phi) is 3.89. The monoisotopic (exact) mass is 359 g/mol. The van der Waals surface area contributed by atoms with E-state index in [4.69, 9.17) is 5.11 Å². The fourth-order valence-corrected chi connectivity index (χ4v) is 2.96. The van der Waals surface area contributed by atoms with Gasteiger partial charge in [0, 0.05) is 23.1 Å². The first-order chi connectivity index (χ1) is 13.0. The van der Waals surface area contributed by atoms with Crippen LogP contribution in [-0.4, -0.2) is 25.8 Å². The van der Waals surface area contributed by atoms with Crippen LogP contribution in [0.3, 0.4) is 0 Å². The van der Waals surface area contributed by atoms with Gasteiger partial charge in [0.2, 0.25) is 0 Å². The number of nitro benzene ring substituents is 1. The molecule has 3 aromatic carbocycles. The highest BCUT2D eigenvalue weighted by atomic mass is 16.6. The summed E-state index contributed by atoms with van der Waals surface area (Å²) in [7, 11) is 0. The zero-order valence-electron chi connectivity index (χ0n) is 13.9. The zero-order valence-corrected chi connectivity index (χ0v) is 13.9. The quantitative estimate of drug-likeness (QED) is 0.433. The Labute approximate surface area is 153 Å². The van der Waals surface area contributed by atoms with Crippen LogP contribution >= 0.6 is 0 Å². The van der Waals surface area contributed by atoms with Crippen molar-refractivity contribution >= 4 is 22.6 Å². The molecule has 0 aliphatic carbocycles. The molecule has 0 spiro atoms. The van der Waals surface area contributed by atoms with Crippen LogP contribution in [-0.2, 0) is 0 Å². The summed E-state index contributed by atoms with van der Waals surface area (Å²) in [5.74, 6) is -0.988. The molecule has 0 saturated carbocycles. The maximum atomic E-state index is 11.1. The lowest BCUT2D eigenvalue weighted by Gasteiger charge is -2.04. The lowest BCUT2D eigenvalue weighted by atomic mass is 10.1. The Balaban J connectivity index is 1.86. The first-order valence-electron chi connectivity index (χ1n) is 8.11. The Hall–Kier alpha value is -4.00. The molecule has 4 aromatic rings. The molecule has 0 radical (unpaired) electrons. The second-order valence-corrected chi connectivity index (χ2v) is 5.93. The Morgan fingerprint density at radius 2 is 1.63 bits per heavy atom. The number of carbonyl (C=O) groups is 1. The van der Waals surface area contributed by atoms with Gasteiger partial charge in [-0.05, 0) is 42.5 Å². The summed E-state index contributed by atoms with van der Waals surface area (Å²) >= 11 is 0. The summed E-state index contributed by atoms with van der Waals surface area (Å²) in [4.78, 5) is 21.5. The smallest absolute Gasteiger partial charge is 0.335 e. The van der Waals surface area contributed by atoms with Gasteiger partial charge in [-0.2, -0.15) is 5.10 Å². The average molecular weight is 359 g/mol. The number of hydrogen-bond donors (Lipinski definition) is 1. The van der Waals surface area contributed by atoms with Crippen LogP contribution in [0.25, 0.3) is 27.8 Å². The van der Waals surface area contributed by atoms with Crippen molar-refractivity contribution < 1.29 is 14.8 Å². The molecule has 1 N–H and O–H groups in total. The third-order valence-electron chi connectivity index (χ3n) is 4.30. The van der Waals surface area contributed by atoms with Crippen molar-refractivity contribution in [3.8, 4) is 16.9 Å². The minimum atomic E-state index is -0.988. The molecule has 132 valence electrons. The van der Waals surface area contributed by atoms with Crippen LogP contribution in [0, 0.1) is 10.1 Å². The van der Waals surface area contributed by atoms with Crippen LogP contribution in [0.1, 0.15) is 10.4 Å². The van der Waals surface area contributed by atoms with E-state index in [1.165, 1.54) is 24.3 Å². The van der Waals surface area contributed by atoms with Crippen molar-refractivity contribution in [1.82, 2.24) is 9.78 Å². The number of nitrogens with zero attached hydrogens (tertiary/aromatic N) is 3. The minimum absolute atomic E-state index is 0.0201. The standard InChI is InChI=1S/C20H13N3O4/c24-20(25)14-7-9-15(10-8-14)22-18-4-2-1-3-17(18)19(21-22)13-5-11-16(12-6-13)23(26)27/h1-12H,(H,24,25). The number of rotatable bonds is 4. The van der Waals surface area contributed by atoms with Crippen molar-refractivity contribution in [1.29, 1.82) is 0 Å². The molecular weight excluding hydrogens is 346 g/mol. The number of carboxylic acid groups (broad SMARTS) is 1. The summed E-state index contributed by atoms with van der Waals surface area (Å²) in [5, 5.41) is 25.5. The molecule has 0 saturated heterocycles. The molecular formula is C20H13N3O4. The van der Waals surface area contributed by atoms with E-state index < -0.39 is 10.9 Å². The van der Waals surface area contributed by atoms with E-state index >= 15 is 0 Å². The molecule has 0 amide bonds. The molecule has 27 heavy (non-hydrogen) atoms. The van der Waals surface area contributed by atoms with E-state index in [2.05, 4.69) is 5.10 Å². The number of benzene rings is 3. The van der Waals surface area contributed by atoms with Gasteiger partial charge < -0.3 is 5.11 Å². The van der Waals surface area contributed by atoms with Gasteiger partial charge in [0.05, 0.1) is 21.7 Å². The van der Waals surface area contributed by atoms with Crippen LogP contribution in [0.2, 0.25) is 0 Å². The number of carboxylic acids is 1. The van der Waals surface area contributed by atoms with E-state index in [1.54, 1.807) is 28.9 Å². The molecule has 0 bridgehead atoms. The lowest BCUT2D eigenvalue weighted by molar-refractivity contribution is -0.384. The second kappa shape index (κ2) is 6.38. The number of aromatic carboxylic acids is 1. The van der Waals surface area contributed by atoms with Gasteiger partial charge in [-0.25, -0.2) is 9.48 Å². The minimum Gasteiger partial charge on any atom is -0.478 e. The highest BCUT2D eigenvalue weighted by Crippen LogP contribution is 2.30. The predicted molar refractivity (Wildman–Crippen MR) is 100 cm³/mol. The van der Waals surface area contributed by atoms with E-state index in [0.717, 1.165) is 22.2 Å². The maximum absolute atomic E-state index is 11.1. The number of non-ortho nitro benzene ring substituents is 1. The summed E-state index contributed by atoms with van der Waals surface area (Å²) in [6.07, 6.45) is 0. The van der Waals surface area contributed by atoms with Gasteiger partial charge in [-0.15, -0.1) is 0 Å². The van der Waals surface area contributed by atoms with Gasteiger partial charge in [0.1, 0.15) is 5.69 Å². The summed E-state index contributed by atoms with van der Waals surface area (Å²) in [6.45, 7) is 0. The molecule has 7 nitrogen and oxygen atoms in total. The Morgan fingerprint density at radius 1 is 0.963 bits per heavy atom. The van der Waals surface area contributed by atoms with Gasteiger partial charge in [-0.3, -0.25) is 10.1 Å². The fraction of sp³-hybridized carbons (Fsp3) is 0. The van der Waals surface area contributed by atoms with E-state index in [-0.39, 0.29) is 11.3 Å². The first kappa shape index (κ1) is 16.5. The molecule has 7 heteroatoms. The van der Waals surface area contributed by atoms with Crippen molar-refractivity contribution in [2.24, 2.45) is 0 Å². The highest BCUT2D eigenvalue weighted by molar-refractivity contribution is 5.94. The fourth-order valence-electron chi connectivity index (χ4n) is 2.96. The lowest BCUT2D eigenvalue weighted by Crippen LogP contribution is -1.99. The van der Waals surface area contributed by atoms with Gasteiger partial charge in [-0.1, -0.05) is 18.2 Å². The van der Waals surface area contributed by atoms with Crippen LogP contribution in [0.15, 0.2) is 72.8 Å². The maximum Gasteiger partial charge on any atom is 0.335 e. The van der Waals surface area contributed by atoms with Gasteiger partial charge in [0.15, 0.2) is 0 Å². The third kappa shape index (κ3) is 2.91. The van der Waals surface area contributed by atoms with E-state index in [9.17, 15) is 14.9 Å². The zero-order chi connectivity index (χ0) is 19.0. The molecule has 0 fully saturated rings. The van der Waals surface area contributed by atoms with Crippen molar-refractivity contribution in [3.63, 3.8) is 0 Å². The number of nitro groups is 1. The number of hydrogen-bond acceptors (Lipinski definition) is 4. The van der Waals surface area contributed by atoms with Crippen molar-refractivity contribution in [2.75, 3.05) is 0 Å². The summed E-state index contributed by atoms with van der Waals surface area (Å²) in [6, 6.07) is 20.3. The Bertz CT molecular complexity index is 1070. The van der Waals surface area contributed by atoms with Gasteiger partial charge in [0.25, 0.3) is 5.69 Å². The highest BCUT2D eigenvalue weighted by Gasteiger charge is 2.15. The third-order valence-corrected chi connectivity index (χ3v) is 4.30. The number of para-hydroxylation sites is 1. The molecule has 0 unspecified atom stereocenters. The second-order valence-electron chi connectivity index (χ2n) is 5.93. The molecule has 0 aliphatic heterocycles. The van der Waals surface area contributed by atoms with Crippen LogP contribution < -0.4 is 0 Å².